The van der Waals surface area contributed by atoms with Gasteiger partial charge in [-0.1, -0.05) is 46.7 Å². The molecule has 4 rings (SSSR count). The van der Waals surface area contributed by atoms with Crippen molar-refractivity contribution >= 4 is 63.3 Å². The lowest BCUT2D eigenvalue weighted by Gasteiger charge is -2.13. The quantitative estimate of drug-likeness (QED) is 0.343. The van der Waals surface area contributed by atoms with E-state index in [9.17, 15) is 0 Å². The fourth-order valence-electron chi connectivity index (χ4n) is 2.64. The fourth-order valence-corrected chi connectivity index (χ4v) is 4.85. The minimum absolute atomic E-state index is 0.717. The van der Waals surface area contributed by atoms with E-state index in [-0.39, 0.29) is 0 Å². The summed E-state index contributed by atoms with van der Waals surface area (Å²) in [6.07, 6.45) is 1.79. The Balaban J connectivity index is 1.78. The second-order valence-electron chi connectivity index (χ2n) is 5.80. The largest absolute Gasteiger partial charge is 0.397 e. The fraction of sp³-hybridized carbons (Fsp3) is 0. The molecule has 0 aliphatic heterocycles. The molecule has 0 bridgehead atoms. The average Bonchev–Trinajstić information content (AvgIpc) is 2.69. The molecule has 0 saturated carbocycles. The molecule has 0 radical (unpaired) electrons. The Morgan fingerprint density at radius 3 is 1.89 bits per heavy atom. The molecule has 2 nitrogen and oxygen atoms in total. The number of hydrogen-bond donors (Lipinski definition) is 1. The number of nitrogens with zero attached hydrogens (tertiary/aromatic N) is 1. The molecule has 0 spiro atoms. The van der Waals surface area contributed by atoms with Gasteiger partial charge in [-0.3, -0.25) is 4.98 Å². The van der Waals surface area contributed by atoms with Crippen LogP contribution in [0.4, 0.5) is 5.69 Å². The summed E-state index contributed by atoms with van der Waals surface area (Å²) in [7, 11) is 0. The maximum absolute atomic E-state index is 6.47. The van der Waals surface area contributed by atoms with E-state index in [4.69, 9.17) is 28.9 Å². The molecule has 6 heteroatoms. The van der Waals surface area contributed by atoms with Gasteiger partial charge in [0.2, 0.25) is 0 Å². The van der Waals surface area contributed by atoms with E-state index >= 15 is 0 Å². The maximum Gasteiger partial charge on any atom is 0.0862 e. The Bertz CT molecular complexity index is 1100. The van der Waals surface area contributed by atoms with Crippen LogP contribution in [0.5, 0.6) is 0 Å². The second-order valence-corrected chi connectivity index (χ2v) is 8.90. The van der Waals surface area contributed by atoms with Crippen molar-refractivity contribution in [1.29, 1.82) is 0 Å². The normalized spacial score (nSPS) is 11.0. The first-order chi connectivity index (χ1) is 13.1. The van der Waals surface area contributed by atoms with Crippen LogP contribution in [0.3, 0.4) is 0 Å². The van der Waals surface area contributed by atoms with Crippen LogP contribution in [0.2, 0.25) is 10.0 Å². The van der Waals surface area contributed by atoms with E-state index in [0.29, 0.717) is 5.02 Å². The van der Waals surface area contributed by atoms with Crippen molar-refractivity contribution in [2.24, 2.45) is 0 Å². The van der Waals surface area contributed by atoms with Gasteiger partial charge >= 0.3 is 0 Å². The monoisotopic (exact) mass is 428 g/mol. The lowest BCUT2D eigenvalue weighted by Crippen LogP contribution is -1.94. The Hall–Kier alpha value is -1.85. The van der Waals surface area contributed by atoms with Gasteiger partial charge in [-0.2, -0.15) is 0 Å². The standard InChI is InChI=1S/C21H14Cl2N2S2/c22-13-3-7-15(8-4-13)26-18-12-19(27-16-9-5-14(23)6-10-16)21-17(20(18)24)2-1-11-25-21/h1-12H,24H2. The van der Waals surface area contributed by atoms with Gasteiger partial charge < -0.3 is 5.73 Å². The van der Waals surface area contributed by atoms with E-state index in [1.165, 1.54) is 0 Å². The molecule has 134 valence electrons. The first kappa shape index (κ1) is 18.5. The number of nitrogens with two attached hydrogens (primary N) is 1. The molecule has 2 N–H and O–H groups in total. The summed E-state index contributed by atoms with van der Waals surface area (Å²) in [4.78, 5) is 8.79. The number of aromatic nitrogens is 1. The van der Waals surface area contributed by atoms with Gasteiger partial charge in [0.1, 0.15) is 0 Å². The maximum atomic E-state index is 6.47. The molecule has 0 aliphatic rings. The van der Waals surface area contributed by atoms with E-state index in [2.05, 4.69) is 11.1 Å². The Labute approximate surface area is 176 Å². The predicted octanol–water partition coefficient (Wildman–Crippen LogP) is 7.43. The number of hydrogen-bond acceptors (Lipinski definition) is 4. The van der Waals surface area contributed by atoms with Gasteiger partial charge in [0.15, 0.2) is 0 Å². The molecule has 1 heterocycles. The summed E-state index contributed by atoms with van der Waals surface area (Å²) in [5, 5.41) is 2.39. The van der Waals surface area contributed by atoms with E-state index in [1.807, 2.05) is 60.7 Å². The summed E-state index contributed by atoms with van der Waals surface area (Å²) in [6.45, 7) is 0. The second kappa shape index (κ2) is 8.03. The van der Waals surface area contributed by atoms with Crippen LogP contribution in [-0.2, 0) is 0 Å². The van der Waals surface area contributed by atoms with Gasteiger partial charge in [0.05, 0.1) is 11.2 Å². The zero-order valence-electron chi connectivity index (χ0n) is 14.0. The van der Waals surface area contributed by atoms with Crippen LogP contribution in [0.1, 0.15) is 0 Å². The molecule has 27 heavy (non-hydrogen) atoms. The number of pyridine rings is 1. The molecule has 0 fully saturated rings. The van der Waals surface area contributed by atoms with Crippen LogP contribution in [0.15, 0.2) is 92.5 Å². The van der Waals surface area contributed by atoms with Crippen molar-refractivity contribution in [3.63, 3.8) is 0 Å². The lowest BCUT2D eigenvalue weighted by molar-refractivity contribution is 1.29. The Morgan fingerprint density at radius 1 is 0.741 bits per heavy atom. The highest BCUT2D eigenvalue weighted by Gasteiger charge is 2.13. The van der Waals surface area contributed by atoms with Crippen molar-refractivity contribution in [3.05, 3.63) is 83.0 Å². The van der Waals surface area contributed by atoms with Gasteiger partial charge in [0, 0.05) is 41.2 Å². The Kier molecular flexibility index (Phi) is 5.50. The highest BCUT2D eigenvalue weighted by atomic mass is 35.5. The molecule has 0 amide bonds. The Morgan fingerprint density at radius 2 is 1.30 bits per heavy atom. The summed E-state index contributed by atoms with van der Waals surface area (Å²) in [5.74, 6) is 0. The predicted molar refractivity (Wildman–Crippen MR) is 117 cm³/mol. The number of rotatable bonds is 4. The molecule has 0 saturated heterocycles. The molecule has 1 aromatic heterocycles. The smallest absolute Gasteiger partial charge is 0.0862 e. The van der Waals surface area contributed by atoms with Gasteiger partial charge in [-0.25, -0.2) is 0 Å². The summed E-state index contributed by atoms with van der Waals surface area (Å²) < 4.78 is 0. The minimum Gasteiger partial charge on any atom is -0.397 e. The van der Waals surface area contributed by atoms with Crippen LogP contribution in [0, 0.1) is 0 Å². The number of benzene rings is 3. The van der Waals surface area contributed by atoms with E-state index < -0.39 is 0 Å². The highest BCUT2D eigenvalue weighted by Crippen LogP contribution is 2.42. The SMILES string of the molecule is Nc1c(Sc2ccc(Cl)cc2)cc(Sc2ccc(Cl)cc2)c2ncccc12. The third kappa shape index (κ3) is 4.19. The molecule has 3 aromatic carbocycles. The van der Waals surface area contributed by atoms with Crippen molar-refractivity contribution in [2.45, 2.75) is 19.6 Å². The lowest BCUT2D eigenvalue weighted by atomic mass is 10.2. The molecule has 4 aromatic rings. The van der Waals surface area contributed by atoms with Crippen LogP contribution in [-0.4, -0.2) is 4.98 Å². The van der Waals surface area contributed by atoms with E-state index in [1.54, 1.807) is 29.7 Å². The number of nitrogen functional groups attached to an aromatic ring is 1. The summed E-state index contributed by atoms with van der Waals surface area (Å²) in [6, 6.07) is 21.6. The highest BCUT2D eigenvalue weighted by molar-refractivity contribution is 8.00. The van der Waals surface area contributed by atoms with Gasteiger partial charge in [0.25, 0.3) is 0 Å². The zero-order valence-corrected chi connectivity index (χ0v) is 17.2. The first-order valence-electron chi connectivity index (χ1n) is 8.14. The third-order valence-corrected chi connectivity index (χ3v) is 6.55. The third-order valence-electron chi connectivity index (χ3n) is 3.94. The molecule has 0 atom stereocenters. The number of anilines is 1. The molecular formula is C21H14Cl2N2S2. The van der Waals surface area contributed by atoms with Gasteiger partial charge in [-0.05, 0) is 66.7 Å². The van der Waals surface area contributed by atoms with E-state index in [0.717, 1.165) is 41.2 Å². The van der Waals surface area contributed by atoms with Crippen LogP contribution in [0.25, 0.3) is 10.9 Å². The molecular weight excluding hydrogens is 415 g/mol. The molecule has 0 aliphatic carbocycles. The van der Waals surface area contributed by atoms with Crippen molar-refractivity contribution < 1.29 is 0 Å². The van der Waals surface area contributed by atoms with Crippen LogP contribution >= 0.6 is 46.7 Å². The number of halogens is 2. The molecule has 0 unspecified atom stereocenters. The van der Waals surface area contributed by atoms with Crippen molar-refractivity contribution in [1.82, 2.24) is 4.98 Å². The number of fused-ring (bicyclic) bond motifs is 1. The average molecular weight is 429 g/mol. The minimum atomic E-state index is 0.717. The van der Waals surface area contributed by atoms with Crippen molar-refractivity contribution in [2.75, 3.05) is 5.73 Å². The van der Waals surface area contributed by atoms with Crippen LogP contribution < -0.4 is 5.73 Å². The summed E-state index contributed by atoms with van der Waals surface area (Å²) >= 11 is 15.3. The summed E-state index contributed by atoms with van der Waals surface area (Å²) in [5.41, 5.74) is 8.10. The first-order valence-corrected chi connectivity index (χ1v) is 10.5. The van der Waals surface area contributed by atoms with Gasteiger partial charge in [-0.15, -0.1) is 0 Å². The zero-order chi connectivity index (χ0) is 18.8. The van der Waals surface area contributed by atoms with Crippen molar-refractivity contribution in [3.8, 4) is 0 Å². The topological polar surface area (TPSA) is 38.9 Å².